The third-order valence-corrected chi connectivity index (χ3v) is 2.02. The zero-order valence-electron chi connectivity index (χ0n) is 10.2. The van der Waals surface area contributed by atoms with Crippen molar-refractivity contribution in [2.45, 2.75) is 20.1 Å². The van der Waals surface area contributed by atoms with Crippen LogP contribution in [0.3, 0.4) is 0 Å². The van der Waals surface area contributed by atoms with Gasteiger partial charge in [-0.2, -0.15) is 0 Å². The Labute approximate surface area is 107 Å². The Balaban J connectivity index is 3.19. The van der Waals surface area contributed by atoms with E-state index in [1.54, 1.807) is 0 Å². The molecule has 0 amide bonds. The van der Waals surface area contributed by atoms with E-state index in [1.165, 1.54) is 0 Å². The molecule has 0 atom stereocenters. The number of non-ortho nitro benzene ring substituents is 1. The first-order valence-corrected chi connectivity index (χ1v) is 5.13. The number of nitrogens with zero attached hydrogens (tertiary/aromatic N) is 1. The molecular weight excluding hydrogens is 258 g/mol. The van der Waals surface area contributed by atoms with Crippen molar-refractivity contribution >= 4 is 17.6 Å². The number of carbonyl (C=O) groups is 2. The number of ether oxygens (including phenoxy) is 2. The second-order valence-electron chi connectivity index (χ2n) is 3.55. The van der Waals surface area contributed by atoms with Crippen LogP contribution < -0.4 is 0 Å². The Morgan fingerprint density at radius 3 is 2.21 bits per heavy atom. The van der Waals surface area contributed by atoms with Gasteiger partial charge in [0, 0.05) is 26.0 Å². The number of hydrogen-bond donors (Lipinski definition) is 1. The lowest BCUT2D eigenvalue weighted by Gasteiger charge is -2.17. The molecule has 0 fully saturated rings. The minimum atomic E-state index is -1.53. The smallest absolute Gasteiger partial charge is 0.305 e. The highest BCUT2D eigenvalue weighted by Crippen LogP contribution is 2.31. The van der Waals surface area contributed by atoms with E-state index in [0.29, 0.717) is 0 Å². The van der Waals surface area contributed by atoms with E-state index in [1.807, 2.05) is 0 Å². The van der Waals surface area contributed by atoms with Gasteiger partial charge in [0.2, 0.25) is 0 Å². The van der Waals surface area contributed by atoms with Crippen molar-refractivity contribution in [3.63, 3.8) is 0 Å². The number of hydrogen-bond acceptors (Lipinski definition) is 7. The number of phenolic OH excluding ortho intramolecular Hbond substituents is 1. The number of nitro groups is 1. The summed E-state index contributed by atoms with van der Waals surface area (Å²) in [6.45, 7) is 2.15. The van der Waals surface area contributed by atoms with Gasteiger partial charge in [-0.3, -0.25) is 19.7 Å². The van der Waals surface area contributed by atoms with Gasteiger partial charge in [0.05, 0.1) is 10.5 Å². The molecule has 0 heterocycles. The molecule has 0 spiro atoms. The summed E-state index contributed by atoms with van der Waals surface area (Å²) in [5.41, 5.74) is -0.517. The fraction of sp³-hybridized carbons (Fsp3) is 0.273. The van der Waals surface area contributed by atoms with Crippen LogP contribution in [-0.2, 0) is 19.1 Å². The molecule has 0 radical (unpaired) electrons. The molecule has 0 bridgehead atoms. The molecule has 0 saturated heterocycles. The van der Waals surface area contributed by atoms with Crippen LogP contribution in [0.2, 0.25) is 0 Å². The van der Waals surface area contributed by atoms with Crippen molar-refractivity contribution in [3.05, 3.63) is 33.9 Å². The summed E-state index contributed by atoms with van der Waals surface area (Å²) in [6, 6.07) is 3.08. The largest absolute Gasteiger partial charge is 0.507 e. The average molecular weight is 269 g/mol. The minimum absolute atomic E-state index is 0.181. The molecule has 0 unspecified atom stereocenters. The molecule has 1 N–H and O–H groups in total. The second-order valence-corrected chi connectivity index (χ2v) is 3.55. The van der Waals surface area contributed by atoms with Crippen molar-refractivity contribution < 1.29 is 29.1 Å². The Bertz CT molecular complexity index is 510. The molecule has 0 aromatic heterocycles. The molecule has 19 heavy (non-hydrogen) atoms. The van der Waals surface area contributed by atoms with Crippen LogP contribution in [0.25, 0.3) is 0 Å². The fourth-order valence-corrected chi connectivity index (χ4v) is 1.30. The maximum atomic E-state index is 10.9. The average Bonchev–Trinajstić information content (AvgIpc) is 2.27. The van der Waals surface area contributed by atoms with Crippen LogP contribution in [-0.4, -0.2) is 22.0 Å². The SMILES string of the molecule is CC(=O)OC(OC(C)=O)c1cc([N+](=O)[O-])ccc1O. The summed E-state index contributed by atoms with van der Waals surface area (Å²) in [5.74, 6) is -1.92. The highest BCUT2D eigenvalue weighted by molar-refractivity contribution is 5.68. The van der Waals surface area contributed by atoms with Crippen molar-refractivity contribution in [1.82, 2.24) is 0 Å². The van der Waals surface area contributed by atoms with Crippen LogP contribution in [0.4, 0.5) is 5.69 Å². The van der Waals surface area contributed by atoms with Gasteiger partial charge in [-0.25, -0.2) is 0 Å². The maximum Gasteiger partial charge on any atom is 0.305 e. The number of phenols is 1. The number of benzene rings is 1. The number of esters is 2. The summed E-state index contributed by atoms with van der Waals surface area (Å²) in [4.78, 5) is 31.8. The summed E-state index contributed by atoms with van der Waals surface area (Å²) >= 11 is 0. The summed E-state index contributed by atoms with van der Waals surface area (Å²) < 4.78 is 9.40. The Hall–Kier alpha value is -2.64. The van der Waals surface area contributed by atoms with Gasteiger partial charge in [-0.05, 0) is 6.07 Å². The number of nitro benzene ring substituents is 1. The highest BCUT2D eigenvalue weighted by atomic mass is 16.7. The predicted octanol–water partition coefficient (Wildman–Crippen LogP) is 1.43. The van der Waals surface area contributed by atoms with Crippen molar-refractivity contribution in [2.24, 2.45) is 0 Å². The summed E-state index contributed by atoms with van der Waals surface area (Å²) in [5, 5.41) is 20.2. The quantitative estimate of drug-likeness (QED) is 0.380. The first kappa shape index (κ1) is 14.4. The van der Waals surface area contributed by atoms with Gasteiger partial charge in [0.1, 0.15) is 5.75 Å². The third kappa shape index (κ3) is 3.95. The second kappa shape index (κ2) is 5.80. The van der Waals surface area contributed by atoms with Crippen LogP contribution in [0, 0.1) is 10.1 Å². The van der Waals surface area contributed by atoms with Crippen LogP contribution in [0.1, 0.15) is 25.7 Å². The zero-order chi connectivity index (χ0) is 14.6. The monoisotopic (exact) mass is 269 g/mol. The van der Waals surface area contributed by atoms with Gasteiger partial charge >= 0.3 is 11.9 Å². The molecule has 0 saturated carbocycles. The number of rotatable bonds is 4. The molecule has 102 valence electrons. The molecule has 8 heteroatoms. The molecular formula is C11H11NO7. The Morgan fingerprint density at radius 1 is 1.26 bits per heavy atom. The van der Waals surface area contributed by atoms with Crippen molar-refractivity contribution in [1.29, 1.82) is 0 Å². The van der Waals surface area contributed by atoms with E-state index in [9.17, 15) is 24.8 Å². The van der Waals surface area contributed by atoms with Crippen LogP contribution >= 0.6 is 0 Å². The molecule has 1 rings (SSSR count). The summed E-state index contributed by atoms with van der Waals surface area (Å²) in [7, 11) is 0. The van der Waals surface area contributed by atoms with Gasteiger partial charge < -0.3 is 14.6 Å². The minimum Gasteiger partial charge on any atom is -0.507 e. The molecule has 1 aromatic rings. The molecule has 8 nitrogen and oxygen atoms in total. The van der Waals surface area contributed by atoms with Crippen LogP contribution in [0.15, 0.2) is 18.2 Å². The normalized spacial score (nSPS) is 10.1. The lowest BCUT2D eigenvalue weighted by atomic mass is 10.1. The lowest BCUT2D eigenvalue weighted by molar-refractivity contribution is -0.385. The first-order chi connectivity index (χ1) is 8.81. The van der Waals surface area contributed by atoms with Gasteiger partial charge in [0.15, 0.2) is 0 Å². The maximum absolute atomic E-state index is 10.9. The van der Waals surface area contributed by atoms with E-state index < -0.39 is 28.9 Å². The zero-order valence-corrected chi connectivity index (χ0v) is 10.2. The van der Waals surface area contributed by atoms with Gasteiger partial charge in [-0.15, -0.1) is 0 Å². The van der Waals surface area contributed by atoms with E-state index in [4.69, 9.17) is 9.47 Å². The predicted molar refractivity (Wildman–Crippen MR) is 61.0 cm³/mol. The van der Waals surface area contributed by atoms with E-state index >= 15 is 0 Å². The molecule has 0 aliphatic carbocycles. The van der Waals surface area contributed by atoms with Gasteiger partial charge in [0.25, 0.3) is 12.0 Å². The Kier molecular flexibility index (Phi) is 4.41. The van der Waals surface area contributed by atoms with Crippen molar-refractivity contribution in [3.8, 4) is 5.75 Å². The third-order valence-electron chi connectivity index (χ3n) is 2.02. The first-order valence-electron chi connectivity index (χ1n) is 5.13. The van der Waals surface area contributed by atoms with Crippen molar-refractivity contribution in [2.75, 3.05) is 0 Å². The number of carbonyl (C=O) groups excluding carboxylic acids is 2. The standard InChI is InChI=1S/C11H11NO7/c1-6(13)18-11(19-7(2)14)9-5-8(12(16)17)3-4-10(9)15/h3-5,11,15H,1-2H3. The summed E-state index contributed by atoms with van der Waals surface area (Å²) in [6.07, 6.45) is -1.53. The Morgan fingerprint density at radius 2 is 1.79 bits per heavy atom. The highest BCUT2D eigenvalue weighted by Gasteiger charge is 2.24. The topological polar surface area (TPSA) is 116 Å². The van der Waals surface area contributed by atoms with E-state index in [-0.39, 0.29) is 11.3 Å². The van der Waals surface area contributed by atoms with E-state index in [0.717, 1.165) is 32.0 Å². The molecule has 0 aliphatic rings. The van der Waals surface area contributed by atoms with Crippen LogP contribution in [0.5, 0.6) is 5.75 Å². The molecule has 1 aromatic carbocycles. The lowest BCUT2D eigenvalue weighted by Crippen LogP contribution is -2.15. The van der Waals surface area contributed by atoms with Gasteiger partial charge in [-0.1, -0.05) is 0 Å². The fourth-order valence-electron chi connectivity index (χ4n) is 1.30. The molecule has 0 aliphatic heterocycles. The van der Waals surface area contributed by atoms with E-state index in [2.05, 4.69) is 0 Å². The number of aromatic hydroxyl groups is 1.